The molecule has 33 heavy (non-hydrogen) atoms. The van der Waals surface area contributed by atoms with Gasteiger partial charge in [-0.2, -0.15) is 5.10 Å². The number of pyridine rings is 2. The van der Waals surface area contributed by atoms with Crippen LogP contribution in [0.25, 0.3) is 16.6 Å². The Hall–Kier alpha value is -3.63. The highest BCUT2D eigenvalue weighted by molar-refractivity contribution is 5.78. The SMILES string of the molecule is O=c1c2cnn(Cc3ccccc3F)c2ccn1-c1cc(NC2(CO)CC(O)C2)ncc1F. The molecule has 0 bridgehead atoms. The first-order valence-corrected chi connectivity index (χ1v) is 10.4. The first kappa shape index (κ1) is 21.2. The molecule has 4 aromatic rings. The summed E-state index contributed by atoms with van der Waals surface area (Å²) in [4.78, 5) is 17.1. The molecule has 1 aliphatic carbocycles. The predicted molar refractivity (Wildman–Crippen MR) is 117 cm³/mol. The molecule has 0 unspecified atom stereocenters. The van der Waals surface area contributed by atoms with Crippen LogP contribution < -0.4 is 10.9 Å². The number of hydrogen-bond acceptors (Lipinski definition) is 6. The molecule has 8 nitrogen and oxygen atoms in total. The molecule has 1 aromatic carbocycles. The maximum atomic E-state index is 14.6. The van der Waals surface area contributed by atoms with Crippen LogP contribution in [0.3, 0.4) is 0 Å². The Morgan fingerprint density at radius 3 is 2.67 bits per heavy atom. The van der Waals surface area contributed by atoms with Crippen molar-refractivity contribution in [2.45, 2.75) is 31.0 Å². The van der Waals surface area contributed by atoms with Crippen LogP contribution in [0.5, 0.6) is 0 Å². The van der Waals surface area contributed by atoms with Crippen LogP contribution in [0.1, 0.15) is 18.4 Å². The molecule has 1 saturated carbocycles. The first-order chi connectivity index (χ1) is 15.9. The van der Waals surface area contributed by atoms with Gasteiger partial charge in [0.15, 0.2) is 5.82 Å². The Kier molecular flexibility index (Phi) is 5.18. The topological polar surface area (TPSA) is 105 Å². The molecule has 5 rings (SSSR count). The van der Waals surface area contributed by atoms with Gasteiger partial charge in [-0.1, -0.05) is 18.2 Å². The number of rotatable bonds is 6. The average molecular weight is 453 g/mol. The molecule has 0 radical (unpaired) electrons. The summed E-state index contributed by atoms with van der Waals surface area (Å²) in [6.45, 7) is -0.0715. The van der Waals surface area contributed by atoms with E-state index >= 15 is 0 Å². The maximum Gasteiger partial charge on any atom is 0.266 e. The summed E-state index contributed by atoms with van der Waals surface area (Å²) in [7, 11) is 0. The van der Waals surface area contributed by atoms with E-state index < -0.39 is 23.0 Å². The van der Waals surface area contributed by atoms with E-state index in [0.717, 1.165) is 10.8 Å². The Balaban J connectivity index is 1.50. The maximum absolute atomic E-state index is 14.6. The zero-order valence-electron chi connectivity index (χ0n) is 17.4. The number of nitrogens with one attached hydrogen (secondary N) is 1. The van der Waals surface area contributed by atoms with Gasteiger partial charge in [-0.05, 0) is 25.0 Å². The van der Waals surface area contributed by atoms with Crippen LogP contribution in [0.4, 0.5) is 14.6 Å². The molecule has 0 saturated heterocycles. The summed E-state index contributed by atoms with van der Waals surface area (Å²) >= 11 is 0. The molecule has 10 heteroatoms. The van der Waals surface area contributed by atoms with Gasteiger partial charge in [0.25, 0.3) is 5.56 Å². The van der Waals surface area contributed by atoms with Gasteiger partial charge < -0.3 is 15.5 Å². The van der Waals surface area contributed by atoms with Crippen LogP contribution in [0.2, 0.25) is 0 Å². The van der Waals surface area contributed by atoms with E-state index in [1.807, 2.05) is 0 Å². The van der Waals surface area contributed by atoms with E-state index in [0.29, 0.717) is 23.9 Å². The standard InChI is InChI=1S/C23H21F2N5O3/c24-17-4-2-1-3-14(17)12-30-19-5-6-29(22(33)16(19)10-27-30)20-7-21(26-11-18(20)25)28-23(13-31)8-15(32)9-23/h1-7,10-11,15,31-32H,8-9,12-13H2,(H,26,28). The number of aliphatic hydroxyl groups is 2. The van der Waals surface area contributed by atoms with Crippen molar-refractivity contribution in [1.82, 2.24) is 19.3 Å². The quantitative estimate of drug-likeness (QED) is 0.414. The van der Waals surface area contributed by atoms with E-state index in [-0.39, 0.29) is 35.9 Å². The first-order valence-electron chi connectivity index (χ1n) is 10.4. The third-order valence-electron chi connectivity index (χ3n) is 6.03. The third-order valence-corrected chi connectivity index (χ3v) is 6.03. The van der Waals surface area contributed by atoms with Crippen molar-refractivity contribution in [2.24, 2.45) is 0 Å². The fourth-order valence-corrected chi connectivity index (χ4v) is 4.25. The van der Waals surface area contributed by atoms with Crippen molar-refractivity contribution in [3.8, 4) is 5.69 Å². The Labute approximate surface area is 186 Å². The highest BCUT2D eigenvalue weighted by Crippen LogP contribution is 2.35. The lowest BCUT2D eigenvalue weighted by Crippen LogP contribution is -2.55. The second-order valence-electron chi connectivity index (χ2n) is 8.33. The van der Waals surface area contributed by atoms with Gasteiger partial charge in [-0.25, -0.2) is 13.8 Å². The van der Waals surface area contributed by atoms with E-state index in [2.05, 4.69) is 15.4 Å². The van der Waals surface area contributed by atoms with E-state index in [1.165, 1.54) is 29.2 Å². The number of fused-ring (bicyclic) bond motifs is 1. The Bertz CT molecular complexity index is 1390. The highest BCUT2D eigenvalue weighted by Gasteiger charge is 2.43. The number of aromatic nitrogens is 4. The molecule has 0 atom stereocenters. The van der Waals surface area contributed by atoms with Crippen LogP contribution in [0.15, 0.2) is 59.8 Å². The van der Waals surface area contributed by atoms with Gasteiger partial charge in [-0.3, -0.25) is 14.0 Å². The average Bonchev–Trinajstić information content (AvgIpc) is 3.19. The zero-order chi connectivity index (χ0) is 23.2. The smallest absolute Gasteiger partial charge is 0.266 e. The summed E-state index contributed by atoms with van der Waals surface area (Å²) in [6, 6.07) is 9.33. The van der Waals surface area contributed by atoms with Gasteiger partial charge in [0.2, 0.25) is 0 Å². The largest absolute Gasteiger partial charge is 0.394 e. The minimum atomic E-state index is -0.732. The van der Waals surface area contributed by atoms with Crippen LogP contribution in [0, 0.1) is 11.6 Å². The molecule has 1 fully saturated rings. The number of anilines is 1. The lowest BCUT2D eigenvalue weighted by atomic mass is 9.75. The van der Waals surface area contributed by atoms with Crippen molar-refractivity contribution in [1.29, 1.82) is 0 Å². The van der Waals surface area contributed by atoms with Crippen LogP contribution in [-0.4, -0.2) is 47.8 Å². The molecular formula is C23H21F2N5O3. The molecule has 0 amide bonds. The number of halogens is 2. The van der Waals surface area contributed by atoms with Crippen molar-refractivity contribution in [3.05, 3.63) is 82.5 Å². The Morgan fingerprint density at radius 1 is 1.15 bits per heavy atom. The van der Waals surface area contributed by atoms with E-state index in [9.17, 15) is 23.8 Å². The van der Waals surface area contributed by atoms with Crippen LogP contribution in [-0.2, 0) is 6.54 Å². The zero-order valence-corrected chi connectivity index (χ0v) is 17.4. The van der Waals surface area contributed by atoms with Crippen molar-refractivity contribution in [2.75, 3.05) is 11.9 Å². The third kappa shape index (κ3) is 3.77. The summed E-state index contributed by atoms with van der Waals surface area (Å²) in [6.07, 6.45) is 3.97. The minimum absolute atomic E-state index is 0.0192. The lowest BCUT2D eigenvalue weighted by Gasteiger charge is -2.45. The second kappa shape index (κ2) is 8.05. The molecule has 0 aliphatic heterocycles. The monoisotopic (exact) mass is 453 g/mol. The summed E-state index contributed by atoms with van der Waals surface area (Å²) in [5.74, 6) is -0.796. The minimum Gasteiger partial charge on any atom is -0.394 e. The van der Waals surface area contributed by atoms with Crippen molar-refractivity contribution < 1.29 is 19.0 Å². The van der Waals surface area contributed by atoms with Crippen LogP contribution >= 0.6 is 0 Å². The molecule has 3 N–H and O–H groups in total. The van der Waals surface area contributed by atoms with E-state index in [4.69, 9.17) is 0 Å². The second-order valence-corrected chi connectivity index (χ2v) is 8.33. The van der Waals surface area contributed by atoms with Gasteiger partial charge >= 0.3 is 0 Å². The number of hydrogen-bond donors (Lipinski definition) is 3. The normalized spacial score (nSPS) is 20.1. The fraction of sp³-hybridized carbons (Fsp3) is 0.261. The predicted octanol–water partition coefficient (Wildman–Crippen LogP) is 2.21. The molecule has 3 heterocycles. The molecule has 3 aromatic heterocycles. The summed E-state index contributed by atoms with van der Waals surface area (Å²) in [5, 5.41) is 26.8. The highest BCUT2D eigenvalue weighted by atomic mass is 19.1. The fourth-order valence-electron chi connectivity index (χ4n) is 4.25. The lowest BCUT2D eigenvalue weighted by molar-refractivity contribution is 0.00484. The van der Waals surface area contributed by atoms with Gasteiger partial charge in [0.1, 0.15) is 11.6 Å². The van der Waals surface area contributed by atoms with Gasteiger partial charge in [0.05, 0.1) is 53.8 Å². The van der Waals surface area contributed by atoms with Crippen molar-refractivity contribution >= 4 is 16.7 Å². The molecule has 170 valence electrons. The van der Waals surface area contributed by atoms with E-state index in [1.54, 1.807) is 24.3 Å². The Morgan fingerprint density at radius 2 is 1.94 bits per heavy atom. The summed E-state index contributed by atoms with van der Waals surface area (Å²) < 4.78 is 31.3. The molecular weight excluding hydrogens is 432 g/mol. The van der Waals surface area contributed by atoms with Crippen molar-refractivity contribution in [3.63, 3.8) is 0 Å². The number of benzene rings is 1. The molecule has 1 aliphatic rings. The molecule has 0 spiro atoms. The number of nitrogens with zero attached hydrogens (tertiary/aromatic N) is 4. The number of aliphatic hydroxyl groups excluding tert-OH is 2. The summed E-state index contributed by atoms with van der Waals surface area (Å²) in [5.41, 5.74) is -0.311. The van der Waals surface area contributed by atoms with Gasteiger partial charge in [0, 0.05) is 17.8 Å². The van der Waals surface area contributed by atoms with Gasteiger partial charge in [-0.15, -0.1) is 0 Å².